The van der Waals surface area contributed by atoms with E-state index in [2.05, 4.69) is 10.6 Å². The molecule has 32 heavy (non-hydrogen) atoms. The van der Waals surface area contributed by atoms with Crippen molar-refractivity contribution in [2.75, 3.05) is 37.4 Å². The van der Waals surface area contributed by atoms with Gasteiger partial charge in [-0.3, -0.25) is 4.79 Å². The highest BCUT2D eigenvalue weighted by atomic mass is 32.2. The van der Waals surface area contributed by atoms with Gasteiger partial charge in [-0.25, -0.2) is 13.2 Å². The first kappa shape index (κ1) is 23.7. The monoisotopic (exact) mass is 459 g/mol. The Hall–Kier alpha value is -2.91. The fraction of sp³-hybridized carbons (Fsp3) is 0.391. The minimum absolute atomic E-state index is 0.0489. The number of carbonyl (C=O) groups is 2. The van der Waals surface area contributed by atoms with Gasteiger partial charge < -0.3 is 15.4 Å². The molecule has 0 bridgehead atoms. The van der Waals surface area contributed by atoms with Crippen molar-refractivity contribution >= 4 is 33.3 Å². The van der Waals surface area contributed by atoms with Gasteiger partial charge in [-0.2, -0.15) is 4.31 Å². The minimum Gasteiger partial charge on any atom is -0.465 e. The lowest BCUT2D eigenvalue weighted by Gasteiger charge is -2.21. The highest BCUT2D eigenvalue weighted by molar-refractivity contribution is 7.89. The van der Waals surface area contributed by atoms with Gasteiger partial charge in [0.1, 0.15) is 0 Å². The summed E-state index contributed by atoms with van der Waals surface area (Å²) in [7, 11) is -2.32. The molecule has 0 radical (unpaired) electrons. The number of nitrogens with one attached hydrogen (secondary N) is 2. The Bertz CT molecular complexity index is 1080. The number of carbonyl (C=O) groups excluding carboxylic acids is 2. The third kappa shape index (κ3) is 5.86. The molecule has 9 heteroatoms. The highest BCUT2D eigenvalue weighted by Crippen LogP contribution is 2.26. The molecule has 2 aromatic rings. The Kier molecular flexibility index (Phi) is 7.87. The smallest absolute Gasteiger partial charge is 0.337 e. The molecule has 1 fully saturated rings. The molecule has 1 amide bonds. The predicted octanol–water partition coefficient (Wildman–Crippen LogP) is 3.40. The molecule has 3 rings (SSSR count). The number of nitrogens with zero attached hydrogens (tertiary/aromatic N) is 1. The van der Waals surface area contributed by atoms with Crippen molar-refractivity contribution in [2.45, 2.75) is 37.5 Å². The van der Waals surface area contributed by atoms with E-state index in [0.717, 1.165) is 25.7 Å². The number of anilines is 2. The van der Waals surface area contributed by atoms with Crippen molar-refractivity contribution in [1.82, 2.24) is 4.31 Å². The van der Waals surface area contributed by atoms with Gasteiger partial charge >= 0.3 is 5.97 Å². The van der Waals surface area contributed by atoms with E-state index in [1.165, 1.54) is 13.2 Å². The van der Waals surface area contributed by atoms with Crippen molar-refractivity contribution in [3.05, 3.63) is 53.6 Å². The molecule has 1 aliphatic rings. The number of methoxy groups -OCH3 is 1. The third-order valence-corrected chi connectivity index (χ3v) is 7.43. The van der Waals surface area contributed by atoms with E-state index in [1.807, 2.05) is 0 Å². The Balaban J connectivity index is 1.68. The number of hydrogen-bond donors (Lipinski definition) is 2. The van der Waals surface area contributed by atoms with Crippen LogP contribution in [0.4, 0.5) is 11.4 Å². The van der Waals surface area contributed by atoms with E-state index in [1.54, 1.807) is 47.6 Å². The number of ether oxygens (including phenoxy) is 1. The van der Waals surface area contributed by atoms with Crippen molar-refractivity contribution in [2.24, 2.45) is 0 Å². The Morgan fingerprint density at radius 3 is 2.41 bits per heavy atom. The van der Waals surface area contributed by atoms with Gasteiger partial charge in [0, 0.05) is 24.5 Å². The lowest BCUT2D eigenvalue weighted by Crippen LogP contribution is -2.32. The maximum Gasteiger partial charge on any atom is 0.337 e. The summed E-state index contributed by atoms with van der Waals surface area (Å²) in [6.45, 7) is 2.75. The molecule has 0 aromatic heterocycles. The highest BCUT2D eigenvalue weighted by Gasteiger charge is 2.27. The zero-order valence-corrected chi connectivity index (χ0v) is 19.2. The van der Waals surface area contributed by atoms with Crippen molar-refractivity contribution in [1.29, 1.82) is 0 Å². The van der Waals surface area contributed by atoms with Gasteiger partial charge in [-0.15, -0.1) is 0 Å². The second-order valence-electron chi connectivity index (χ2n) is 7.77. The molecule has 1 saturated heterocycles. The van der Waals surface area contributed by atoms with Crippen LogP contribution < -0.4 is 10.6 Å². The fourth-order valence-electron chi connectivity index (χ4n) is 3.64. The van der Waals surface area contributed by atoms with Crippen LogP contribution in [-0.2, 0) is 19.6 Å². The molecule has 172 valence electrons. The number of benzene rings is 2. The molecule has 2 N–H and O–H groups in total. The van der Waals surface area contributed by atoms with Crippen LogP contribution in [0.5, 0.6) is 0 Å². The predicted molar refractivity (Wildman–Crippen MR) is 123 cm³/mol. The van der Waals surface area contributed by atoms with Gasteiger partial charge in [-0.05, 0) is 55.7 Å². The van der Waals surface area contributed by atoms with Crippen LogP contribution in [0.15, 0.2) is 47.4 Å². The van der Waals surface area contributed by atoms with Crippen LogP contribution in [-0.4, -0.2) is 51.3 Å². The zero-order chi connectivity index (χ0) is 23.1. The first-order valence-corrected chi connectivity index (χ1v) is 12.1. The fourth-order valence-corrected chi connectivity index (χ4v) is 5.41. The molecular formula is C23H29N3O5S. The minimum atomic E-state index is -3.62. The van der Waals surface area contributed by atoms with E-state index in [0.29, 0.717) is 35.6 Å². The van der Waals surface area contributed by atoms with Crippen LogP contribution in [0.2, 0.25) is 0 Å². The molecule has 1 heterocycles. The lowest BCUT2D eigenvalue weighted by atomic mass is 10.2. The number of sulfonamides is 1. The third-order valence-electron chi connectivity index (χ3n) is 5.39. The second kappa shape index (κ2) is 10.6. The van der Waals surface area contributed by atoms with Crippen molar-refractivity contribution in [3.63, 3.8) is 0 Å². The summed E-state index contributed by atoms with van der Waals surface area (Å²) in [5.41, 5.74) is 2.03. The van der Waals surface area contributed by atoms with Crippen LogP contribution in [0, 0.1) is 6.92 Å². The number of hydrogen-bond acceptors (Lipinski definition) is 6. The molecule has 0 saturated carbocycles. The van der Waals surface area contributed by atoms with Crippen molar-refractivity contribution in [3.8, 4) is 0 Å². The molecule has 0 unspecified atom stereocenters. The van der Waals surface area contributed by atoms with Gasteiger partial charge in [0.15, 0.2) is 0 Å². The van der Waals surface area contributed by atoms with Gasteiger partial charge in [-0.1, -0.05) is 25.0 Å². The quantitative estimate of drug-likeness (QED) is 0.615. The summed E-state index contributed by atoms with van der Waals surface area (Å²) in [6, 6.07) is 11.5. The number of amides is 1. The summed E-state index contributed by atoms with van der Waals surface area (Å²) in [4.78, 5) is 24.3. The largest absolute Gasteiger partial charge is 0.465 e. The molecule has 2 aromatic carbocycles. The summed E-state index contributed by atoms with van der Waals surface area (Å²) in [5.74, 6) is -0.800. The molecule has 1 aliphatic heterocycles. The van der Waals surface area contributed by atoms with Crippen LogP contribution in [0.25, 0.3) is 0 Å². The molecule has 0 atom stereocenters. The lowest BCUT2D eigenvalue weighted by molar-refractivity contribution is -0.114. The van der Waals surface area contributed by atoms with Crippen LogP contribution in [0.3, 0.4) is 0 Å². The van der Waals surface area contributed by atoms with Crippen molar-refractivity contribution < 1.29 is 22.7 Å². The number of rotatable bonds is 7. The standard InChI is InChI=1S/C23H29N3O5S/c1-17-10-11-20(15-21(17)32(29,30)26-12-5-3-4-6-13-26)25-22(27)16-24-19-9-7-8-18(14-19)23(28)31-2/h7-11,14-15,24H,3-6,12-13,16H2,1-2H3,(H,25,27). The normalized spacial score (nSPS) is 14.9. The average molecular weight is 460 g/mol. The van der Waals surface area contributed by atoms with Gasteiger partial charge in [0.2, 0.25) is 15.9 Å². The van der Waals surface area contributed by atoms with Crippen LogP contribution >= 0.6 is 0 Å². The SMILES string of the molecule is COC(=O)c1cccc(NCC(=O)Nc2ccc(C)c(S(=O)(=O)N3CCCCCC3)c2)c1. The topological polar surface area (TPSA) is 105 Å². The van der Waals surface area contributed by atoms with E-state index >= 15 is 0 Å². The Morgan fingerprint density at radius 2 is 1.72 bits per heavy atom. The van der Waals surface area contributed by atoms with E-state index < -0.39 is 16.0 Å². The summed E-state index contributed by atoms with van der Waals surface area (Å²) in [5, 5.41) is 5.69. The zero-order valence-electron chi connectivity index (χ0n) is 18.4. The maximum absolute atomic E-state index is 13.2. The molecule has 0 aliphatic carbocycles. The molecular weight excluding hydrogens is 430 g/mol. The molecule has 0 spiro atoms. The van der Waals surface area contributed by atoms with Gasteiger partial charge in [0.05, 0.1) is 24.1 Å². The summed E-state index contributed by atoms with van der Waals surface area (Å²) < 4.78 is 32.6. The van der Waals surface area contributed by atoms with Crippen LogP contribution in [0.1, 0.15) is 41.6 Å². The van der Waals surface area contributed by atoms with E-state index in [-0.39, 0.29) is 17.3 Å². The maximum atomic E-state index is 13.2. The average Bonchev–Trinajstić information content (AvgIpc) is 3.09. The summed E-state index contributed by atoms with van der Waals surface area (Å²) >= 11 is 0. The first-order chi connectivity index (χ1) is 15.3. The Morgan fingerprint density at radius 1 is 1.00 bits per heavy atom. The van der Waals surface area contributed by atoms with E-state index in [9.17, 15) is 18.0 Å². The first-order valence-electron chi connectivity index (χ1n) is 10.6. The number of aryl methyl sites for hydroxylation is 1. The summed E-state index contributed by atoms with van der Waals surface area (Å²) in [6.07, 6.45) is 3.79. The van der Waals surface area contributed by atoms with Gasteiger partial charge in [0.25, 0.3) is 0 Å². The van der Waals surface area contributed by atoms with E-state index in [4.69, 9.17) is 4.74 Å². The number of esters is 1. The Labute approximate surface area is 189 Å². The molecule has 8 nitrogen and oxygen atoms in total. The second-order valence-corrected chi connectivity index (χ2v) is 9.68.